The highest BCUT2D eigenvalue weighted by molar-refractivity contribution is 5.87. The second-order valence-electron chi connectivity index (χ2n) is 7.86. The van der Waals surface area contributed by atoms with Crippen LogP contribution in [-0.2, 0) is 22.2 Å². The Balaban J connectivity index is 1.51. The van der Waals surface area contributed by atoms with Crippen LogP contribution < -0.4 is 20.9 Å². The molecular weight excluding hydrogens is 473 g/mol. The van der Waals surface area contributed by atoms with Gasteiger partial charge in [-0.1, -0.05) is 18.2 Å². The van der Waals surface area contributed by atoms with E-state index >= 15 is 0 Å². The number of nitrogen functional groups attached to an aromatic ring is 2. The lowest BCUT2D eigenvalue weighted by Crippen LogP contribution is -2.21. The molecule has 4 N–H and O–H groups in total. The summed E-state index contributed by atoms with van der Waals surface area (Å²) in [6.45, 7) is -0.119. The molecule has 190 valence electrons. The monoisotopic (exact) mass is 500 g/mol. The van der Waals surface area contributed by atoms with Gasteiger partial charge in [-0.2, -0.15) is 8.78 Å². The standard InChI is InChI=1S/C27H27F3N2O4/c28-15-1-2-16-34-23-12-7-21(8-13-23)27(29,30)36-24-10-3-19(4-11-24)5-14-26(33)35-18-20-6-9-22(31)17-25(20)32/h3-14,17H,1-2,15-16,18,31-32H2/b14-5+. The van der Waals surface area contributed by atoms with Gasteiger partial charge in [-0.3, -0.25) is 4.39 Å². The van der Waals surface area contributed by atoms with E-state index in [1.54, 1.807) is 18.2 Å². The maximum atomic E-state index is 14.6. The molecule has 0 spiro atoms. The van der Waals surface area contributed by atoms with Crippen LogP contribution in [0.15, 0.2) is 72.8 Å². The van der Waals surface area contributed by atoms with E-state index in [0.29, 0.717) is 47.7 Å². The molecule has 6 nitrogen and oxygen atoms in total. The first-order chi connectivity index (χ1) is 17.3. The summed E-state index contributed by atoms with van der Waals surface area (Å²) < 4.78 is 56.6. The first-order valence-electron chi connectivity index (χ1n) is 11.2. The Hall–Kier alpha value is -4.14. The fourth-order valence-electron chi connectivity index (χ4n) is 3.09. The van der Waals surface area contributed by atoms with Crippen molar-refractivity contribution >= 4 is 23.4 Å². The quantitative estimate of drug-likeness (QED) is 0.140. The minimum absolute atomic E-state index is 0.0105. The van der Waals surface area contributed by atoms with E-state index in [1.807, 2.05) is 0 Å². The van der Waals surface area contributed by atoms with Gasteiger partial charge in [-0.25, -0.2) is 4.79 Å². The zero-order chi connectivity index (χ0) is 26.0. The summed E-state index contributed by atoms with van der Waals surface area (Å²) in [5.41, 5.74) is 13.3. The summed E-state index contributed by atoms with van der Waals surface area (Å²) in [5.74, 6) is -0.224. The molecule has 3 aromatic carbocycles. The number of carbonyl (C=O) groups is 1. The fraction of sp³-hybridized carbons (Fsp3) is 0.222. The Morgan fingerprint density at radius 1 is 0.917 bits per heavy atom. The van der Waals surface area contributed by atoms with Crippen LogP contribution in [0.4, 0.5) is 24.5 Å². The van der Waals surface area contributed by atoms with Gasteiger partial charge in [0.25, 0.3) is 0 Å². The topological polar surface area (TPSA) is 96.8 Å². The van der Waals surface area contributed by atoms with Crippen LogP contribution in [0.3, 0.4) is 0 Å². The first-order valence-corrected chi connectivity index (χ1v) is 11.2. The number of alkyl halides is 3. The zero-order valence-corrected chi connectivity index (χ0v) is 19.5. The molecule has 0 unspecified atom stereocenters. The predicted molar refractivity (Wildman–Crippen MR) is 132 cm³/mol. The van der Waals surface area contributed by atoms with Crippen LogP contribution in [0.1, 0.15) is 29.5 Å². The number of esters is 1. The van der Waals surface area contributed by atoms with Crippen LogP contribution in [0.5, 0.6) is 11.5 Å². The van der Waals surface area contributed by atoms with Crippen molar-refractivity contribution in [2.75, 3.05) is 24.7 Å². The smallest absolute Gasteiger partial charge is 0.426 e. The number of hydrogen-bond donors (Lipinski definition) is 2. The van der Waals surface area contributed by atoms with Crippen LogP contribution in [0.2, 0.25) is 0 Å². The van der Waals surface area contributed by atoms with Gasteiger partial charge in [0.2, 0.25) is 0 Å². The van der Waals surface area contributed by atoms with Gasteiger partial charge >= 0.3 is 12.1 Å². The molecule has 0 heterocycles. The molecule has 0 aliphatic heterocycles. The lowest BCUT2D eigenvalue weighted by Gasteiger charge is -2.18. The number of rotatable bonds is 12. The van der Waals surface area contributed by atoms with Gasteiger partial charge in [-0.15, -0.1) is 0 Å². The molecule has 0 bridgehead atoms. The molecule has 0 aromatic heterocycles. The average molecular weight is 501 g/mol. The number of halogens is 3. The summed E-state index contributed by atoms with van der Waals surface area (Å²) in [6.07, 6.45) is 0.0747. The molecule has 0 saturated carbocycles. The van der Waals surface area contributed by atoms with E-state index in [2.05, 4.69) is 0 Å². The largest absolute Gasteiger partial charge is 0.494 e. The number of hydrogen-bond acceptors (Lipinski definition) is 6. The Morgan fingerprint density at radius 2 is 1.61 bits per heavy atom. The third kappa shape index (κ3) is 7.97. The Kier molecular flexibility index (Phi) is 9.21. The van der Waals surface area contributed by atoms with Crippen molar-refractivity contribution in [3.8, 4) is 11.5 Å². The normalized spacial score (nSPS) is 11.4. The lowest BCUT2D eigenvalue weighted by atomic mass is 10.2. The van der Waals surface area contributed by atoms with Gasteiger partial charge in [0.05, 0.1) is 18.8 Å². The Bertz CT molecular complexity index is 1170. The molecule has 0 atom stereocenters. The van der Waals surface area contributed by atoms with Crippen molar-refractivity contribution in [1.29, 1.82) is 0 Å². The molecule has 36 heavy (non-hydrogen) atoms. The summed E-state index contributed by atoms with van der Waals surface area (Å²) in [6, 6.07) is 16.0. The highest BCUT2D eigenvalue weighted by Crippen LogP contribution is 2.32. The van der Waals surface area contributed by atoms with E-state index < -0.39 is 18.8 Å². The van der Waals surface area contributed by atoms with Crippen molar-refractivity contribution in [1.82, 2.24) is 0 Å². The van der Waals surface area contributed by atoms with Gasteiger partial charge in [0.15, 0.2) is 0 Å². The van der Waals surface area contributed by atoms with Crippen molar-refractivity contribution in [3.05, 3.63) is 89.5 Å². The third-order valence-electron chi connectivity index (χ3n) is 5.06. The summed E-state index contributed by atoms with van der Waals surface area (Å²) >= 11 is 0. The van der Waals surface area contributed by atoms with Gasteiger partial charge in [0.1, 0.15) is 18.1 Å². The predicted octanol–water partition coefficient (Wildman–Crippen LogP) is 5.86. The zero-order valence-electron chi connectivity index (χ0n) is 19.5. The molecule has 0 fully saturated rings. The third-order valence-corrected chi connectivity index (χ3v) is 5.06. The van der Waals surface area contributed by atoms with Crippen LogP contribution in [-0.4, -0.2) is 19.3 Å². The number of carbonyl (C=O) groups excluding carboxylic acids is 1. The molecule has 0 amide bonds. The molecule has 0 radical (unpaired) electrons. The maximum absolute atomic E-state index is 14.6. The van der Waals surface area contributed by atoms with E-state index in [9.17, 15) is 18.0 Å². The molecule has 9 heteroatoms. The Labute approximate surface area is 207 Å². The van der Waals surface area contributed by atoms with Crippen molar-refractivity contribution in [2.24, 2.45) is 0 Å². The summed E-state index contributed by atoms with van der Waals surface area (Å²) in [4.78, 5) is 12.0. The summed E-state index contributed by atoms with van der Waals surface area (Å²) in [7, 11) is 0. The summed E-state index contributed by atoms with van der Waals surface area (Å²) in [5, 5.41) is 0. The molecule has 0 aliphatic carbocycles. The van der Waals surface area contributed by atoms with E-state index in [-0.39, 0.29) is 17.9 Å². The molecule has 0 aliphatic rings. The number of benzene rings is 3. The number of nitrogens with two attached hydrogens (primary N) is 2. The second-order valence-corrected chi connectivity index (χ2v) is 7.86. The van der Waals surface area contributed by atoms with Gasteiger partial charge < -0.3 is 25.7 Å². The Morgan fingerprint density at radius 3 is 2.28 bits per heavy atom. The lowest BCUT2D eigenvalue weighted by molar-refractivity contribution is -0.185. The number of unbranched alkanes of at least 4 members (excludes halogenated alkanes) is 1. The highest BCUT2D eigenvalue weighted by Gasteiger charge is 2.34. The average Bonchev–Trinajstić information content (AvgIpc) is 2.86. The van der Waals surface area contributed by atoms with Gasteiger partial charge in [-0.05, 0) is 73.0 Å². The van der Waals surface area contributed by atoms with E-state index in [4.69, 9.17) is 25.7 Å². The fourth-order valence-corrected chi connectivity index (χ4v) is 3.09. The van der Waals surface area contributed by atoms with Crippen LogP contribution >= 0.6 is 0 Å². The SMILES string of the molecule is Nc1ccc(COC(=O)/C=C/c2ccc(OC(F)(F)c3ccc(OCCCCF)cc3)cc2)c(N)c1. The van der Waals surface area contributed by atoms with Gasteiger partial charge in [0, 0.05) is 23.0 Å². The highest BCUT2D eigenvalue weighted by atomic mass is 19.3. The first kappa shape index (κ1) is 26.5. The number of ether oxygens (including phenoxy) is 3. The molecule has 3 rings (SSSR count). The van der Waals surface area contributed by atoms with Crippen molar-refractivity contribution < 1.29 is 32.2 Å². The number of anilines is 2. The second kappa shape index (κ2) is 12.5. The van der Waals surface area contributed by atoms with Crippen LogP contribution in [0, 0.1) is 0 Å². The maximum Gasteiger partial charge on any atom is 0.426 e. The minimum Gasteiger partial charge on any atom is -0.494 e. The van der Waals surface area contributed by atoms with E-state index in [0.717, 1.165) is 0 Å². The molecular formula is C27H27F3N2O4. The van der Waals surface area contributed by atoms with Crippen molar-refractivity contribution in [2.45, 2.75) is 25.6 Å². The van der Waals surface area contributed by atoms with Crippen LogP contribution in [0.25, 0.3) is 6.08 Å². The minimum atomic E-state index is -3.57. The molecule has 3 aromatic rings. The van der Waals surface area contributed by atoms with E-state index in [1.165, 1.54) is 60.7 Å². The van der Waals surface area contributed by atoms with Crippen molar-refractivity contribution in [3.63, 3.8) is 0 Å². The molecule has 0 saturated heterocycles.